The molecular formula is C28H29N3O6. The van der Waals surface area contributed by atoms with Gasteiger partial charge in [0.15, 0.2) is 11.5 Å². The Morgan fingerprint density at radius 3 is 2.32 bits per heavy atom. The summed E-state index contributed by atoms with van der Waals surface area (Å²) in [5.74, 6) is -0.0923. The van der Waals surface area contributed by atoms with Gasteiger partial charge in [0.1, 0.15) is 5.75 Å². The van der Waals surface area contributed by atoms with Gasteiger partial charge in [-0.2, -0.15) is 5.10 Å². The average molecular weight is 504 g/mol. The summed E-state index contributed by atoms with van der Waals surface area (Å²) in [6, 6.07) is 18.6. The molecule has 0 atom stereocenters. The molecule has 3 aromatic rings. The number of benzene rings is 3. The largest absolute Gasteiger partial charge is 0.494 e. The number of carbonyl (C=O) groups is 3. The summed E-state index contributed by atoms with van der Waals surface area (Å²) >= 11 is 0. The first-order valence-electron chi connectivity index (χ1n) is 11.8. The van der Waals surface area contributed by atoms with E-state index in [0.717, 1.165) is 5.56 Å². The highest BCUT2D eigenvalue weighted by Crippen LogP contribution is 2.29. The summed E-state index contributed by atoms with van der Waals surface area (Å²) in [4.78, 5) is 36.8. The van der Waals surface area contributed by atoms with Gasteiger partial charge in [0.2, 0.25) is 0 Å². The first kappa shape index (κ1) is 26.9. The average Bonchev–Trinajstić information content (AvgIpc) is 2.89. The minimum absolute atomic E-state index is 0.227. The molecule has 0 aliphatic rings. The highest BCUT2D eigenvalue weighted by atomic mass is 16.6. The van der Waals surface area contributed by atoms with Crippen LogP contribution in [0.2, 0.25) is 0 Å². The maximum Gasteiger partial charge on any atom is 0.343 e. The van der Waals surface area contributed by atoms with E-state index in [4.69, 9.17) is 14.2 Å². The number of amides is 2. The number of hydrogen-bond donors (Lipinski definition) is 2. The van der Waals surface area contributed by atoms with Crippen molar-refractivity contribution in [2.24, 2.45) is 5.10 Å². The fourth-order valence-electron chi connectivity index (χ4n) is 3.27. The number of rotatable bonds is 11. The van der Waals surface area contributed by atoms with Crippen molar-refractivity contribution in [3.63, 3.8) is 0 Å². The van der Waals surface area contributed by atoms with Crippen LogP contribution in [-0.2, 0) is 4.79 Å². The number of aryl methyl sites for hydroxylation is 1. The van der Waals surface area contributed by atoms with Crippen molar-refractivity contribution >= 4 is 24.0 Å². The second-order valence-corrected chi connectivity index (χ2v) is 7.78. The maximum atomic E-state index is 12.6. The lowest BCUT2D eigenvalue weighted by atomic mass is 10.1. The Labute approximate surface area is 215 Å². The van der Waals surface area contributed by atoms with E-state index in [9.17, 15) is 14.4 Å². The summed E-state index contributed by atoms with van der Waals surface area (Å²) in [7, 11) is 0. The van der Waals surface area contributed by atoms with Crippen LogP contribution in [0.4, 0.5) is 0 Å². The maximum absolute atomic E-state index is 12.6. The van der Waals surface area contributed by atoms with Crippen LogP contribution in [0.25, 0.3) is 0 Å². The molecule has 3 rings (SSSR count). The summed E-state index contributed by atoms with van der Waals surface area (Å²) in [5, 5.41) is 6.48. The van der Waals surface area contributed by atoms with Crippen LogP contribution < -0.4 is 25.0 Å². The third-order valence-electron chi connectivity index (χ3n) is 5.07. The number of hydrazone groups is 1. The van der Waals surface area contributed by atoms with E-state index in [1.165, 1.54) is 6.21 Å². The van der Waals surface area contributed by atoms with Gasteiger partial charge in [-0.3, -0.25) is 9.59 Å². The molecule has 0 saturated heterocycles. The standard InChI is InChI=1S/C28H29N3O6/c1-4-35-22-13-11-21(12-14-22)28(34)37-24-15-10-20(16-25(24)36-5-2)17-30-31-26(32)18-29-27(33)23-9-7-6-8-19(23)3/h6-17H,4-5,18H2,1-3H3,(H,29,33)(H,31,32)/b30-17-. The summed E-state index contributed by atoms with van der Waals surface area (Å²) in [6.07, 6.45) is 1.42. The molecule has 2 N–H and O–H groups in total. The van der Waals surface area contributed by atoms with E-state index in [1.807, 2.05) is 32.9 Å². The Morgan fingerprint density at radius 1 is 0.892 bits per heavy atom. The molecule has 0 aliphatic heterocycles. The quantitative estimate of drug-likeness (QED) is 0.178. The van der Waals surface area contributed by atoms with Crippen LogP contribution in [0.15, 0.2) is 71.8 Å². The van der Waals surface area contributed by atoms with Gasteiger partial charge in [0.25, 0.3) is 11.8 Å². The molecular weight excluding hydrogens is 474 g/mol. The molecule has 0 radical (unpaired) electrons. The zero-order valence-electron chi connectivity index (χ0n) is 20.9. The fourth-order valence-corrected chi connectivity index (χ4v) is 3.27. The van der Waals surface area contributed by atoms with E-state index in [1.54, 1.807) is 54.6 Å². The van der Waals surface area contributed by atoms with Crippen molar-refractivity contribution in [2.45, 2.75) is 20.8 Å². The zero-order valence-corrected chi connectivity index (χ0v) is 20.9. The number of hydrogen-bond acceptors (Lipinski definition) is 7. The minimum atomic E-state index is -0.537. The SMILES string of the molecule is CCOc1ccc(C(=O)Oc2ccc(/C=N\NC(=O)CNC(=O)c3ccccc3C)cc2OCC)cc1. The number of esters is 1. The molecule has 0 saturated carbocycles. The second-order valence-electron chi connectivity index (χ2n) is 7.78. The third kappa shape index (κ3) is 7.93. The molecule has 9 nitrogen and oxygen atoms in total. The molecule has 0 unspecified atom stereocenters. The second kappa shape index (κ2) is 13.4. The summed E-state index contributed by atoms with van der Waals surface area (Å²) in [5.41, 5.74) is 4.66. The highest BCUT2D eigenvalue weighted by molar-refractivity contribution is 5.97. The Hall–Kier alpha value is -4.66. The van der Waals surface area contributed by atoms with Crippen molar-refractivity contribution in [2.75, 3.05) is 19.8 Å². The topological polar surface area (TPSA) is 115 Å². The van der Waals surface area contributed by atoms with Crippen molar-refractivity contribution in [3.8, 4) is 17.2 Å². The monoisotopic (exact) mass is 503 g/mol. The van der Waals surface area contributed by atoms with E-state index in [-0.39, 0.29) is 18.2 Å². The van der Waals surface area contributed by atoms with Gasteiger partial charge in [-0.25, -0.2) is 10.2 Å². The third-order valence-corrected chi connectivity index (χ3v) is 5.07. The number of nitrogens with one attached hydrogen (secondary N) is 2. The minimum Gasteiger partial charge on any atom is -0.494 e. The van der Waals surface area contributed by atoms with Gasteiger partial charge in [-0.05, 0) is 80.4 Å². The number of nitrogens with zero attached hydrogens (tertiary/aromatic N) is 1. The lowest BCUT2D eigenvalue weighted by Crippen LogP contribution is -2.35. The normalized spacial score (nSPS) is 10.6. The molecule has 0 spiro atoms. The van der Waals surface area contributed by atoms with Crippen LogP contribution in [0.5, 0.6) is 17.2 Å². The van der Waals surface area contributed by atoms with Crippen LogP contribution in [-0.4, -0.2) is 43.8 Å². The molecule has 0 aliphatic carbocycles. The predicted octanol–water partition coefficient (Wildman–Crippen LogP) is 3.89. The lowest BCUT2D eigenvalue weighted by Gasteiger charge is -2.11. The van der Waals surface area contributed by atoms with Crippen molar-refractivity contribution in [1.82, 2.24) is 10.7 Å². The summed E-state index contributed by atoms with van der Waals surface area (Å²) in [6.45, 7) is 6.17. The molecule has 3 aromatic carbocycles. The Balaban J connectivity index is 1.57. The number of ether oxygens (including phenoxy) is 3. The molecule has 2 amide bonds. The summed E-state index contributed by atoms with van der Waals surface area (Å²) < 4.78 is 16.5. The van der Waals surface area contributed by atoms with E-state index < -0.39 is 11.9 Å². The van der Waals surface area contributed by atoms with Crippen molar-refractivity contribution in [1.29, 1.82) is 0 Å². The van der Waals surface area contributed by atoms with Gasteiger partial charge in [-0.15, -0.1) is 0 Å². The van der Waals surface area contributed by atoms with E-state index in [2.05, 4.69) is 15.8 Å². The molecule has 0 fully saturated rings. The predicted molar refractivity (Wildman–Crippen MR) is 139 cm³/mol. The van der Waals surface area contributed by atoms with Gasteiger partial charge in [0.05, 0.1) is 31.5 Å². The van der Waals surface area contributed by atoms with Crippen LogP contribution in [0.3, 0.4) is 0 Å². The highest BCUT2D eigenvalue weighted by Gasteiger charge is 2.14. The first-order chi connectivity index (χ1) is 17.9. The Morgan fingerprint density at radius 2 is 1.62 bits per heavy atom. The fraction of sp³-hybridized carbons (Fsp3) is 0.214. The molecule has 0 heterocycles. The molecule has 0 bridgehead atoms. The van der Waals surface area contributed by atoms with Crippen molar-refractivity contribution < 1.29 is 28.6 Å². The molecule has 0 aromatic heterocycles. The van der Waals surface area contributed by atoms with Crippen LogP contribution in [0.1, 0.15) is 45.7 Å². The van der Waals surface area contributed by atoms with Gasteiger partial charge in [-0.1, -0.05) is 18.2 Å². The van der Waals surface area contributed by atoms with Gasteiger partial charge in [0, 0.05) is 5.56 Å². The molecule has 192 valence electrons. The lowest BCUT2D eigenvalue weighted by molar-refractivity contribution is -0.120. The first-order valence-corrected chi connectivity index (χ1v) is 11.8. The molecule has 9 heteroatoms. The van der Waals surface area contributed by atoms with Gasteiger partial charge < -0.3 is 19.5 Å². The zero-order chi connectivity index (χ0) is 26.6. The Kier molecular flexibility index (Phi) is 9.78. The van der Waals surface area contributed by atoms with Gasteiger partial charge >= 0.3 is 5.97 Å². The Bertz CT molecular complexity index is 1270. The van der Waals surface area contributed by atoms with Crippen molar-refractivity contribution in [3.05, 3.63) is 89.0 Å². The molecule has 37 heavy (non-hydrogen) atoms. The van der Waals surface area contributed by atoms with E-state index in [0.29, 0.717) is 41.4 Å². The number of carbonyl (C=O) groups excluding carboxylic acids is 3. The smallest absolute Gasteiger partial charge is 0.343 e. The van der Waals surface area contributed by atoms with Crippen LogP contribution >= 0.6 is 0 Å². The van der Waals surface area contributed by atoms with E-state index >= 15 is 0 Å². The van der Waals surface area contributed by atoms with Crippen LogP contribution in [0, 0.1) is 6.92 Å².